The fourth-order valence-electron chi connectivity index (χ4n) is 2.48. The van der Waals surface area contributed by atoms with Crippen LogP contribution in [0, 0.1) is 5.92 Å². The molecule has 1 rings (SSSR count). The number of rotatable bonds is 9. The molecule has 0 aromatic carbocycles. The van der Waals surface area contributed by atoms with E-state index in [1.54, 1.807) is 0 Å². The highest BCUT2D eigenvalue weighted by molar-refractivity contribution is 4.67. The molecular formula is C13H27NO. The van der Waals surface area contributed by atoms with Gasteiger partial charge in [-0.2, -0.15) is 0 Å². The molecule has 1 aliphatic carbocycles. The highest BCUT2D eigenvalue weighted by atomic mass is 16.2. The van der Waals surface area contributed by atoms with Gasteiger partial charge in [-0.25, -0.2) is 0 Å². The zero-order valence-corrected chi connectivity index (χ0v) is 10.0. The predicted octanol–water partition coefficient (Wildman–Crippen LogP) is 2.71. The van der Waals surface area contributed by atoms with Crippen molar-refractivity contribution in [1.29, 1.82) is 0 Å². The molecule has 0 aromatic rings. The lowest BCUT2D eigenvalue weighted by atomic mass is 10.0. The van der Waals surface area contributed by atoms with E-state index in [1.807, 2.05) is 0 Å². The maximum Gasteiger partial charge on any atom is 0.0431 e. The molecular weight excluding hydrogens is 186 g/mol. The first kappa shape index (κ1) is 13.0. The van der Waals surface area contributed by atoms with Crippen LogP contribution in [0.3, 0.4) is 0 Å². The second kappa shape index (κ2) is 9.17. The first-order valence-corrected chi connectivity index (χ1v) is 6.75. The Balaban J connectivity index is 1.73. The Labute approximate surface area is 94.5 Å². The largest absolute Gasteiger partial charge is 0.396 e. The SMILES string of the molecule is OCCCCCNCCCC1CCCC1. The summed E-state index contributed by atoms with van der Waals surface area (Å²) in [7, 11) is 0. The van der Waals surface area contributed by atoms with Gasteiger partial charge in [0.2, 0.25) is 0 Å². The minimum absolute atomic E-state index is 0.349. The summed E-state index contributed by atoms with van der Waals surface area (Å²) in [5, 5.41) is 12.1. The molecule has 0 spiro atoms. The first-order valence-electron chi connectivity index (χ1n) is 6.75. The molecule has 1 fully saturated rings. The van der Waals surface area contributed by atoms with E-state index in [9.17, 15) is 0 Å². The smallest absolute Gasteiger partial charge is 0.0431 e. The highest BCUT2D eigenvalue weighted by Crippen LogP contribution is 2.28. The van der Waals surface area contributed by atoms with Crippen molar-refractivity contribution in [3.63, 3.8) is 0 Å². The second-order valence-corrected chi connectivity index (χ2v) is 4.83. The zero-order chi connectivity index (χ0) is 10.8. The summed E-state index contributed by atoms with van der Waals surface area (Å²) in [5.74, 6) is 1.04. The molecule has 0 saturated heterocycles. The molecule has 2 N–H and O–H groups in total. The van der Waals surface area contributed by atoms with Gasteiger partial charge < -0.3 is 10.4 Å². The minimum Gasteiger partial charge on any atom is -0.396 e. The van der Waals surface area contributed by atoms with Crippen molar-refractivity contribution in [3.8, 4) is 0 Å². The van der Waals surface area contributed by atoms with Gasteiger partial charge in [0.1, 0.15) is 0 Å². The molecule has 0 aromatic heterocycles. The Morgan fingerprint density at radius 2 is 1.67 bits per heavy atom. The van der Waals surface area contributed by atoms with Crippen molar-refractivity contribution in [3.05, 3.63) is 0 Å². The summed E-state index contributed by atoms with van der Waals surface area (Å²) in [4.78, 5) is 0. The van der Waals surface area contributed by atoms with E-state index >= 15 is 0 Å². The standard InChI is InChI=1S/C13H27NO/c15-12-5-1-4-10-14-11-6-9-13-7-2-3-8-13/h13-15H,1-12H2. The van der Waals surface area contributed by atoms with Crippen molar-refractivity contribution >= 4 is 0 Å². The Hall–Kier alpha value is -0.0800. The molecule has 90 valence electrons. The topological polar surface area (TPSA) is 32.3 Å². The van der Waals surface area contributed by atoms with Gasteiger partial charge in [-0.15, -0.1) is 0 Å². The lowest BCUT2D eigenvalue weighted by Gasteiger charge is -2.08. The van der Waals surface area contributed by atoms with Crippen molar-refractivity contribution < 1.29 is 5.11 Å². The van der Waals surface area contributed by atoms with Crippen LogP contribution in [0.4, 0.5) is 0 Å². The third kappa shape index (κ3) is 6.91. The van der Waals surface area contributed by atoms with Gasteiger partial charge in [-0.05, 0) is 51.1 Å². The van der Waals surface area contributed by atoms with Crippen LogP contribution < -0.4 is 5.32 Å². The molecule has 0 bridgehead atoms. The summed E-state index contributed by atoms with van der Waals surface area (Å²) in [5.41, 5.74) is 0. The third-order valence-corrected chi connectivity index (χ3v) is 3.45. The van der Waals surface area contributed by atoms with Crippen LogP contribution in [0.5, 0.6) is 0 Å². The van der Waals surface area contributed by atoms with Gasteiger partial charge in [0, 0.05) is 6.61 Å². The fraction of sp³-hybridized carbons (Fsp3) is 1.00. The summed E-state index contributed by atoms with van der Waals surface area (Å²) in [6.45, 7) is 2.67. The van der Waals surface area contributed by atoms with E-state index < -0.39 is 0 Å². The van der Waals surface area contributed by atoms with Gasteiger partial charge in [0.25, 0.3) is 0 Å². The molecule has 2 nitrogen and oxygen atoms in total. The maximum absolute atomic E-state index is 8.61. The average molecular weight is 213 g/mol. The van der Waals surface area contributed by atoms with Crippen LogP contribution in [0.1, 0.15) is 57.8 Å². The van der Waals surface area contributed by atoms with E-state index in [0.29, 0.717) is 6.61 Å². The molecule has 2 heteroatoms. The molecule has 1 aliphatic rings. The molecule has 15 heavy (non-hydrogen) atoms. The summed E-state index contributed by atoms with van der Waals surface area (Å²) in [6.07, 6.45) is 12.0. The molecule has 0 radical (unpaired) electrons. The van der Waals surface area contributed by atoms with Crippen molar-refractivity contribution in [2.75, 3.05) is 19.7 Å². The average Bonchev–Trinajstić information content (AvgIpc) is 2.75. The molecule has 1 saturated carbocycles. The van der Waals surface area contributed by atoms with Crippen molar-refractivity contribution in [2.24, 2.45) is 5.92 Å². The van der Waals surface area contributed by atoms with E-state index in [0.717, 1.165) is 25.3 Å². The van der Waals surface area contributed by atoms with Gasteiger partial charge in [0.15, 0.2) is 0 Å². The number of unbranched alkanes of at least 4 members (excludes halogenated alkanes) is 2. The maximum atomic E-state index is 8.61. The Kier molecular flexibility index (Phi) is 7.94. The zero-order valence-electron chi connectivity index (χ0n) is 10.0. The number of nitrogens with one attached hydrogen (secondary N) is 1. The molecule has 0 aliphatic heterocycles. The van der Waals surface area contributed by atoms with E-state index in [-0.39, 0.29) is 0 Å². The lowest BCUT2D eigenvalue weighted by Crippen LogP contribution is -2.17. The third-order valence-electron chi connectivity index (χ3n) is 3.45. The molecule has 0 atom stereocenters. The van der Waals surface area contributed by atoms with E-state index in [1.165, 1.54) is 51.5 Å². The number of aliphatic hydroxyl groups is 1. The number of hydrogen-bond acceptors (Lipinski definition) is 2. The number of aliphatic hydroxyl groups excluding tert-OH is 1. The van der Waals surface area contributed by atoms with Gasteiger partial charge in [-0.3, -0.25) is 0 Å². The normalized spacial score (nSPS) is 17.4. The van der Waals surface area contributed by atoms with Crippen LogP contribution >= 0.6 is 0 Å². The fourth-order valence-corrected chi connectivity index (χ4v) is 2.48. The molecule has 0 amide bonds. The van der Waals surface area contributed by atoms with Gasteiger partial charge in [-0.1, -0.05) is 25.7 Å². The minimum atomic E-state index is 0.349. The van der Waals surface area contributed by atoms with Crippen LogP contribution in [-0.4, -0.2) is 24.8 Å². The van der Waals surface area contributed by atoms with Crippen LogP contribution in [0.25, 0.3) is 0 Å². The van der Waals surface area contributed by atoms with Crippen LogP contribution in [0.15, 0.2) is 0 Å². The Morgan fingerprint density at radius 1 is 0.933 bits per heavy atom. The lowest BCUT2D eigenvalue weighted by molar-refractivity contribution is 0.283. The van der Waals surface area contributed by atoms with Crippen molar-refractivity contribution in [1.82, 2.24) is 5.32 Å². The first-order chi connectivity index (χ1) is 7.43. The predicted molar refractivity (Wildman–Crippen MR) is 65.0 cm³/mol. The van der Waals surface area contributed by atoms with E-state index in [2.05, 4.69) is 5.32 Å². The van der Waals surface area contributed by atoms with Crippen LogP contribution in [0.2, 0.25) is 0 Å². The summed E-state index contributed by atoms with van der Waals surface area (Å²) in [6, 6.07) is 0. The van der Waals surface area contributed by atoms with Gasteiger partial charge in [0.05, 0.1) is 0 Å². The molecule has 0 unspecified atom stereocenters. The van der Waals surface area contributed by atoms with E-state index in [4.69, 9.17) is 5.11 Å². The quantitative estimate of drug-likeness (QED) is 0.577. The number of hydrogen-bond donors (Lipinski definition) is 2. The van der Waals surface area contributed by atoms with Gasteiger partial charge >= 0.3 is 0 Å². The Morgan fingerprint density at radius 3 is 2.40 bits per heavy atom. The summed E-state index contributed by atoms with van der Waals surface area (Å²) < 4.78 is 0. The summed E-state index contributed by atoms with van der Waals surface area (Å²) >= 11 is 0. The highest BCUT2D eigenvalue weighted by Gasteiger charge is 2.13. The second-order valence-electron chi connectivity index (χ2n) is 4.83. The molecule has 0 heterocycles. The van der Waals surface area contributed by atoms with Crippen molar-refractivity contribution in [2.45, 2.75) is 57.8 Å². The van der Waals surface area contributed by atoms with Crippen LogP contribution in [-0.2, 0) is 0 Å². The Bertz CT molecular complexity index is 132. The monoisotopic (exact) mass is 213 g/mol.